The smallest absolute Gasteiger partial charge is 0.0454 e. The summed E-state index contributed by atoms with van der Waals surface area (Å²) in [4.78, 5) is 1.09. The lowest BCUT2D eigenvalue weighted by Gasteiger charge is -2.09. The third-order valence-corrected chi connectivity index (χ3v) is 1.38. The minimum absolute atomic E-state index is 0.880. The zero-order valence-electron chi connectivity index (χ0n) is 6.81. The molecule has 58 valence electrons. The topological polar surface area (TPSA) is 12.0 Å². The van der Waals surface area contributed by atoms with E-state index in [1.165, 1.54) is 5.70 Å². The van der Waals surface area contributed by atoms with Crippen molar-refractivity contribution in [3.8, 4) is 0 Å². The molecule has 0 aromatic heterocycles. The minimum atomic E-state index is 0.880. The molecule has 0 aliphatic carbocycles. The van der Waals surface area contributed by atoms with Crippen molar-refractivity contribution in [1.29, 1.82) is 0 Å². The summed E-state index contributed by atoms with van der Waals surface area (Å²) in [5.74, 6) is 0. The van der Waals surface area contributed by atoms with Gasteiger partial charge in [0.15, 0.2) is 0 Å². The summed E-state index contributed by atoms with van der Waals surface area (Å²) in [6.45, 7) is 6.92. The van der Waals surface area contributed by atoms with Gasteiger partial charge < -0.3 is 5.32 Å². The maximum absolute atomic E-state index is 4.16. The number of allylic oxidation sites excluding steroid dienone is 3. The van der Waals surface area contributed by atoms with Crippen LogP contribution in [0.2, 0.25) is 0 Å². The molecule has 10 heavy (non-hydrogen) atoms. The Bertz CT molecular complexity index is 129. The Morgan fingerprint density at radius 2 is 2.00 bits per heavy atom. The third-order valence-electron chi connectivity index (χ3n) is 1.07. The van der Waals surface area contributed by atoms with Crippen LogP contribution in [-0.2, 0) is 0 Å². The van der Waals surface area contributed by atoms with Gasteiger partial charge in [0, 0.05) is 17.1 Å². The summed E-state index contributed by atoms with van der Waals surface area (Å²) < 4.78 is 0. The van der Waals surface area contributed by atoms with E-state index >= 15 is 0 Å². The number of thiol groups is 1. The molecule has 1 aliphatic rings. The van der Waals surface area contributed by atoms with Gasteiger partial charge in [-0.15, -0.1) is 12.6 Å². The molecule has 1 N–H and O–H groups in total. The monoisotopic (exact) mass is 157 g/mol. The Morgan fingerprint density at radius 3 is 2.30 bits per heavy atom. The summed E-state index contributed by atoms with van der Waals surface area (Å²) >= 11 is 4.16. The predicted molar refractivity (Wildman–Crippen MR) is 50.2 cm³/mol. The third kappa shape index (κ3) is 3.62. The van der Waals surface area contributed by atoms with E-state index in [0.717, 1.165) is 11.4 Å². The highest BCUT2D eigenvalue weighted by molar-refractivity contribution is 7.84. The van der Waals surface area contributed by atoms with Crippen molar-refractivity contribution in [2.45, 2.75) is 20.8 Å². The van der Waals surface area contributed by atoms with Gasteiger partial charge >= 0.3 is 0 Å². The van der Waals surface area contributed by atoms with Crippen molar-refractivity contribution < 1.29 is 0 Å². The molecule has 0 aromatic rings. The van der Waals surface area contributed by atoms with Gasteiger partial charge in [-0.2, -0.15) is 0 Å². The van der Waals surface area contributed by atoms with E-state index in [4.69, 9.17) is 0 Å². The van der Waals surface area contributed by atoms with Crippen molar-refractivity contribution in [3.63, 3.8) is 0 Å². The quantitative estimate of drug-likeness (QED) is 0.514. The number of hydrogen-bond donors (Lipinski definition) is 2. The summed E-state index contributed by atoms with van der Waals surface area (Å²) in [6.07, 6.45) is 4.03. The molecular weight excluding hydrogens is 142 g/mol. The fourth-order valence-corrected chi connectivity index (χ4v) is 0.723. The van der Waals surface area contributed by atoms with Crippen LogP contribution in [0.5, 0.6) is 0 Å². The lowest BCUT2D eigenvalue weighted by molar-refractivity contribution is 0.884. The first kappa shape index (κ1) is 9.63. The molecule has 0 radical (unpaired) electrons. The lowest BCUT2D eigenvalue weighted by atomic mass is 10.3. The molecule has 1 heterocycles. The number of nitrogens with one attached hydrogen (secondary N) is 1. The van der Waals surface area contributed by atoms with Crippen LogP contribution in [0.3, 0.4) is 0 Å². The second-order valence-electron chi connectivity index (χ2n) is 1.86. The fourth-order valence-electron chi connectivity index (χ4n) is 0.569. The van der Waals surface area contributed by atoms with Crippen molar-refractivity contribution in [3.05, 3.63) is 22.8 Å². The molecule has 0 atom stereocenters. The van der Waals surface area contributed by atoms with Crippen LogP contribution in [0.4, 0.5) is 0 Å². The van der Waals surface area contributed by atoms with E-state index in [1.807, 2.05) is 32.9 Å². The number of dihydropyridines is 1. The van der Waals surface area contributed by atoms with E-state index in [2.05, 4.69) is 17.9 Å². The molecule has 1 rings (SSSR count). The fraction of sp³-hybridized carbons (Fsp3) is 0.500. The van der Waals surface area contributed by atoms with Crippen molar-refractivity contribution in [2.75, 3.05) is 6.54 Å². The summed E-state index contributed by atoms with van der Waals surface area (Å²) in [5, 5.41) is 3.15. The highest BCUT2D eigenvalue weighted by Crippen LogP contribution is 2.05. The second kappa shape index (κ2) is 5.42. The van der Waals surface area contributed by atoms with Crippen molar-refractivity contribution in [1.82, 2.24) is 5.32 Å². The minimum Gasteiger partial charge on any atom is -0.384 e. The molecule has 1 nitrogen and oxygen atoms in total. The molecule has 0 saturated carbocycles. The van der Waals surface area contributed by atoms with Crippen LogP contribution in [0.25, 0.3) is 0 Å². The zero-order valence-corrected chi connectivity index (χ0v) is 7.70. The average molecular weight is 157 g/mol. The lowest BCUT2D eigenvalue weighted by Crippen LogP contribution is -2.15. The van der Waals surface area contributed by atoms with E-state index in [1.54, 1.807) is 0 Å². The molecular formula is C8H15NS. The van der Waals surface area contributed by atoms with Crippen LogP contribution in [0.15, 0.2) is 22.8 Å². The molecule has 0 aromatic carbocycles. The van der Waals surface area contributed by atoms with Crippen LogP contribution >= 0.6 is 12.6 Å². The van der Waals surface area contributed by atoms with Gasteiger partial charge in [0.25, 0.3) is 0 Å². The zero-order chi connectivity index (χ0) is 7.98. The van der Waals surface area contributed by atoms with Crippen LogP contribution < -0.4 is 5.32 Å². The average Bonchev–Trinajstić information content (AvgIpc) is 2.00. The van der Waals surface area contributed by atoms with Crippen molar-refractivity contribution in [2.24, 2.45) is 0 Å². The van der Waals surface area contributed by atoms with Crippen LogP contribution in [0, 0.1) is 0 Å². The molecule has 0 saturated heterocycles. The molecule has 0 bridgehead atoms. The number of hydrogen-bond acceptors (Lipinski definition) is 2. The van der Waals surface area contributed by atoms with Gasteiger partial charge in [0.1, 0.15) is 0 Å². The second-order valence-corrected chi connectivity index (χ2v) is 2.44. The van der Waals surface area contributed by atoms with Crippen LogP contribution in [0.1, 0.15) is 20.8 Å². The Labute approximate surface area is 68.6 Å². The maximum Gasteiger partial charge on any atom is 0.0454 e. The molecule has 2 heteroatoms. The standard InChI is InChI=1S/C6H9NS.C2H6/c1-5-2-3-6(8)4-7-5;1-2/h2-3,7-8H,4H2,1H3;1-2H3. The van der Waals surface area contributed by atoms with Gasteiger partial charge in [-0.05, 0) is 19.1 Å². The first-order valence-corrected chi connectivity index (χ1v) is 4.04. The summed E-state index contributed by atoms with van der Waals surface area (Å²) in [7, 11) is 0. The van der Waals surface area contributed by atoms with Crippen LogP contribution in [-0.4, -0.2) is 6.54 Å². The predicted octanol–water partition coefficient (Wildman–Crippen LogP) is 2.33. The largest absolute Gasteiger partial charge is 0.384 e. The highest BCUT2D eigenvalue weighted by Gasteiger charge is 1.94. The SMILES string of the molecule is CC.CC1=CC=C(S)CN1. The van der Waals surface area contributed by atoms with Gasteiger partial charge in [0.2, 0.25) is 0 Å². The molecule has 0 spiro atoms. The Kier molecular flexibility index (Phi) is 5.22. The molecule has 0 amide bonds. The van der Waals surface area contributed by atoms with E-state index in [9.17, 15) is 0 Å². The van der Waals surface area contributed by atoms with Gasteiger partial charge in [-0.3, -0.25) is 0 Å². The summed E-state index contributed by atoms with van der Waals surface area (Å²) in [5.41, 5.74) is 1.21. The van der Waals surface area contributed by atoms with E-state index in [-0.39, 0.29) is 0 Å². The first-order valence-electron chi connectivity index (χ1n) is 3.59. The first-order chi connectivity index (χ1) is 4.79. The maximum atomic E-state index is 4.16. The number of rotatable bonds is 0. The van der Waals surface area contributed by atoms with E-state index < -0.39 is 0 Å². The normalized spacial score (nSPS) is 15.6. The van der Waals surface area contributed by atoms with Gasteiger partial charge in [-0.1, -0.05) is 13.8 Å². The Morgan fingerprint density at radius 1 is 1.40 bits per heavy atom. The van der Waals surface area contributed by atoms with Gasteiger partial charge in [-0.25, -0.2) is 0 Å². The summed E-state index contributed by atoms with van der Waals surface area (Å²) in [6, 6.07) is 0. The van der Waals surface area contributed by atoms with Crippen molar-refractivity contribution >= 4 is 12.6 Å². The molecule has 0 unspecified atom stereocenters. The Balaban J connectivity index is 0.000000371. The molecule has 0 fully saturated rings. The Hall–Kier alpha value is -0.370. The highest BCUT2D eigenvalue weighted by atomic mass is 32.1. The van der Waals surface area contributed by atoms with E-state index in [0.29, 0.717) is 0 Å². The molecule has 1 aliphatic heterocycles. The van der Waals surface area contributed by atoms with Gasteiger partial charge in [0.05, 0.1) is 0 Å².